The van der Waals surface area contributed by atoms with Crippen LogP contribution in [0.15, 0.2) is 24.4 Å². The van der Waals surface area contributed by atoms with Crippen molar-refractivity contribution in [2.75, 3.05) is 19.6 Å². The summed E-state index contributed by atoms with van der Waals surface area (Å²) in [4.78, 5) is 7.52. The minimum absolute atomic E-state index is 0.201. The van der Waals surface area contributed by atoms with E-state index in [-0.39, 0.29) is 5.41 Å². The summed E-state index contributed by atoms with van der Waals surface area (Å²) in [5.41, 5.74) is 1.53. The fourth-order valence-electron chi connectivity index (χ4n) is 5.57. The van der Waals surface area contributed by atoms with Gasteiger partial charge < -0.3 is 5.32 Å². The molecule has 1 aromatic heterocycles. The second-order valence-electron chi connectivity index (χ2n) is 8.83. The van der Waals surface area contributed by atoms with Crippen LogP contribution in [0.5, 0.6) is 0 Å². The van der Waals surface area contributed by atoms with E-state index in [9.17, 15) is 0 Å². The first-order valence-corrected chi connectivity index (χ1v) is 10.4. The Morgan fingerprint density at radius 2 is 1.92 bits per heavy atom. The molecule has 2 aliphatic rings. The summed E-state index contributed by atoms with van der Waals surface area (Å²) in [6.07, 6.45) is 8.79. The molecule has 1 saturated carbocycles. The lowest BCUT2D eigenvalue weighted by molar-refractivity contribution is 0.0586. The Bertz CT molecular complexity index is 517. The molecule has 1 N–H and O–H groups in total. The first-order valence-electron chi connectivity index (χ1n) is 10.4. The maximum Gasteiger partial charge on any atom is 0.0481 e. The number of fused-ring (bicyclic) bond motifs is 1. The van der Waals surface area contributed by atoms with Gasteiger partial charge in [0.2, 0.25) is 0 Å². The van der Waals surface area contributed by atoms with Crippen molar-refractivity contribution < 1.29 is 0 Å². The zero-order valence-corrected chi connectivity index (χ0v) is 16.7. The van der Waals surface area contributed by atoms with Crippen molar-refractivity contribution in [1.29, 1.82) is 0 Å². The van der Waals surface area contributed by atoms with Gasteiger partial charge >= 0.3 is 0 Å². The topological polar surface area (TPSA) is 28.2 Å². The highest BCUT2D eigenvalue weighted by Gasteiger charge is 2.48. The molecule has 0 bridgehead atoms. The maximum atomic E-state index is 4.87. The molecule has 3 rings (SSSR count). The minimum atomic E-state index is 0.201. The van der Waals surface area contributed by atoms with Crippen LogP contribution in [0, 0.1) is 11.8 Å². The minimum Gasteiger partial charge on any atom is -0.315 e. The number of hydrogen-bond acceptors (Lipinski definition) is 3. The highest BCUT2D eigenvalue weighted by molar-refractivity contribution is 5.22. The van der Waals surface area contributed by atoms with Crippen molar-refractivity contribution in [3.8, 4) is 0 Å². The van der Waals surface area contributed by atoms with Crippen LogP contribution in [0.25, 0.3) is 0 Å². The van der Waals surface area contributed by atoms with Gasteiger partial charge in [-0.3, -0.25) is 9.88 Å². The van der Waals surface area contributed by atoms with E-state index in [2.05, 4.69) is 56.1 Å². The Kier molecular flexibility index (Phi) is 6.17. The van der Waals surface area contributed by atoms with E-state index in [0.717, 1.165) is 24.9 Å². The van der Waals surface area contributed by atoms with Crippen molar-refractivity contribution in [3.05, 3.63) is 30.1 Å². The number of hydrogen-bond donors (Lipinski definition) is 1. The maximum absolute atomic E-state index is 4.87. The Morgan fingerprint density at radius 3 is 2.60 bits per heavy atom. The fourth-order valence-corrected chi connectivity index (χ4v) is 5.57. The highest BCUT2D eigenvalue weighted by atomic mass is 15.2. The normalized spacial score (nSPS) is 30.0. The molecule has 0 spiro atoms. The van der Waals surface area contributed by atoms with E-state index in [1.54, 1.807) is 0 Å². The van der Waals surface area contributed by atoms with Crippen LogP contribution in [0.2, 0.25) is 0 Å². The summed E-state index contributed by atoms with van der Waals surface area (Å²) in [7, 11) is 0. The van der Waals surface area contributed by atoms with Crippen LogP contribution < -0.4 is 5.32 Å². The molecule has 1 saturated heterocycles. The van der Waals surface area contributed by atoms with Crippen molar-refractivity contribution >= 4 is 0 Å². The van der Waals surface area contributed by atoms with E-state index in [4.69, 9.17) is 4.98 Å². The zero-order valence-electron chi connectivity index (χ0n) is 16.7. The van der Waals surface area contributed by atoms with Gasteiger partial charge in [0.1, 0.15) is 0 Å². The first kappa shape index (κ1) is 18.8. The van der Waals surface area contributed by atoms with Crippen LogP contribution in [-0.2, 0) is 5.41 Å². The molecule has 0 radical (unpaired) electrons. The molecule has 3 atom stereocenters. The first-order chi connectivity index (χ1) is 12.0. The van der Waals surface area contributed by atoms with Crippen LogP contribution in [0.3, 0.4) is 0 Å². The molecule has 1 aromatic rings. The molecular weight excluding hydrogens is 306 g/mol. The lowest BCUT2D eigenvalue weighted by atomic mass is 9.58. The molecule has 1 aliphatic carbocycles. The SMILES string of the molecule is CC(C)N(CCC1(c2ccccn2)CNCC2CCCCC21)C(C)C. The average Bonchev–Trinajstić information content (AvgIpc) is 2.62. The second-order valence-corrected chi connectivity index (χ2v) is 8.83. The largest absolute Gasteiger partial charge is 0.315 e. The predicted octanol–water partition coefficient (Wildman–Crippen LogP) is 4.24. The molecule has 25 heavy (non-hydrogen) atoms. The van der Waals surface area contributed by atoms with Crippen LogP contribution in [0.4, 0.5) is 0 Å². The van der Waals surface area contributed by atoms with Gasteiger partial charge in [0.25, 0.3) is 0 Å². The van der Waals surface area contributed by atoms with Gasteiger partial charge in [0, 0.05) is 35.9 Å². The van der Waals surface area contributed by atoms with Crippen molar-refractivity contribution in [2.24, 2.45) is 11.8 Å². The molecule has 1 aliphatic heterocycles. The average molecular weight is 344 g/mol. The standard InChI is InChI=1S/C22H37N3/c1-17(2)25(18(3)4)14-12-22(21-11-7-8-13-24-21)16-23-15-19-9-5-6-10-20(19)22/h7-8,11,13,17-20,23H,5-6,9-10,12,14-16H2,1-4H3. The van der Waals surface area contributed by atoms with Gasteiger partial charge in [0.05, 0.1) is 0 Å². The zero-order chi connectivity index (χ0) is 17.9. The lowest BCUT2D eigenvalue weighted by Crippen LogP contribution is -2.57. The Balaban J connectivity index is 1.90. The molecule has 2 heterocycles. The predicted molar refractivity (Wildman–Crippen MR) is 106 cm³/mol. The third-order valence-electron chi connectivity index (χ3n) is 6.78. The quantitative estimate of drug-likeness (QED) is 0.837. The third kappa shape index (κ3) is 3.93. The summed E-state index contributed by atoms with van der Waals surface area (Å²) in [6.45, 7) is 12.8. The summed E-state index contributed by atoms with van der Waals surface area (Å²) < 4.78 is 0. The summed E-state index contributed by atoms with van der Waals surface area (Å²) in [5.74, 6) is 1.62. The monoisotopic (exact) mass is 343 g/mol. The third-order valence-corrected chi connectivity index (χ3v) is 6.78. The molecule has 140 valence electrons. The van der Waals surface area contributed by atoms with Gasteiger partial charge in [0.15, 0.2) is 0 Å². The van der Waals surface area contributed by atoms with Gasteiger partial charge in [-0.1, -0.05) is 18.9 Å². The Labute approximate surface area is 154 Å². The number of nitrogens with zero attached hydrogens (tertiary/aromatic N) is 2. The number of pyridine rings is 1. The Morgan fingerprint density at radius 1 is 1.16 bits per heavy atom. The van der Waals surface area contributed by atoms with E-state index in [1.165, 1.54) is 44.3 Å². The van der Waals surface area contributed by atoms with Gasteiger partial charge in [-0.05, 0) is 84.0 Å². The molecule has 3 unspecified atom stereocenters. The Hall–Kier alpha value is -0.930. The summed E-state index contributed by atoms with van der Waals surface area (Å²) in [5, 5.41) is 3.80. The van der Waals surface area contributed by atoms with Crippen LogP contribution in [-0.4, -0.2) is 41.6 Å². The van der Waals surface area contributed by atoms with Gasteiger partial charge in [-0.15, -0.1) is 0 Å². The van der Waals surface area contributed by atoms with Gasteiger partial charge in [-0.25, -0.2) is 0 Å². The van der Waals surface area contributed by atoms with Gasteiger partial charge in [-0.2, -0.15) is 0 Å². The van der Waals surface area contributed by atoms with Crippen molar-refractivity contribution in [1.82, 2.24) is 15.2 Å². The highest BCUT2D eigenvalue weighted by Crippen LogP contribution is 2.47. The number of rotatable bonds is 6. The van der Waals surface area contributed by atoms with Crippen LogP contribution in [0.1, 0.15) is 65.5 Å². The van der Waals surface area contributed by atoms with Crippen LogP contribution >= 0.6 is 0 Å². The van der Waals surface area contributed by atoms with Crippen molar-refractivity contribution in [2.45, 2.75) is 77.3 Å². The number of nitrogens with one attached hydrogen (secondary N) is 1. The molecule has 3 heteroatoms. The molecule has 2 fully saturated rings. The van der Waals surface area contributed by atoms with Crippen molar-refractivity contribution in [3.63, 3.8) is 0 Å². The molecular formula is C22H37N3. The van der Waals surface area contributed by atoms with E-state index in [0.29, 0.717) is 12.1 Å². The number of piperidine rings is 1. The number of aromatic nitrogens is 1. The molecule has 3 nitrogen and oxygen atoms in total. The lowest BCUT2D eigenvalue weighted by Gasteiger charge is -2.51. The van der Waals surface area contributed by atoms with E-state index in [1.807, 2.05) is 6.20 Å². The summed E-state index contributed by atoms with van der Waals surface area (Å²) >= 11 is 0. The summed E-state index contributed by atoms with van der Waals surface area (Å²) in [6, 6.07) is 7.71. The molecule has 0 amide bonds. The molecule has 0 aromatic carbocycles. The van der Waals surface area contributed by atoms with E-state index < -0.39 is 0 Å². The fraction of sp³-hybridized carbons (Fsp3) is 0.773. The second kappa shape index (κ2) is 8.18. The smallest absolute Gasteiger partial charge is 0.0481 e. The van der Waals surface area contributed by atoms with E-state index >= 15 is 0 Å².